The molecule has 1 aliphatic rings. The van der Waals surface area contributed by atoms with Gasteiger partial charge < -0.3 is 15.3 Å². The number of hydrogen-bond donors (Lipinski definition) is 2. The summed E-state index contributed by atoms with van der Waals surface area (Å²) >= 11 is 5.94. The van der Waals surface area contributed by atoms with Crippen molar-refractivity contribution in [3.63, 3.8) is 0 Å². The van der Waals surface area contributed by atoms with Crippen molar-refractivity contribution in [2.45, 2.75) is 19.4 Å². The molecule has 5 nitrogen and oxygen atoms in total. The Morgan fingerprint density at radius 1 is 1.47 bits per heavy atom. The molecule has 1 heterocycles. The Labute approximate surface area is 116 Å². The van der Waals surface area contributed by atoms with Crippen molar-refractivity contribution in [3.8, 4) is 0 Å². The van der Waals surface area contributed by atoms with Crippen LogP contribution in [0.25, 0.3) is 0 Å². The van der Waals surface area contributed by atoms with Gasteiger partial charge in [0.1, 0.15) is 0 Å². The Morgan fingerprint density at radius 2 is 2.21 bits per heavy atom. The largest absolute Gasteiger partial charge is 0.391 e. The molecule has 1 saturated heterocycles. The second kappa shape index (κ2) is 5.59. The van der Waals surface area contributed by atoms with Crippen LogP contribution in [0.3, 0.4) is 0 Å². The van der Waals surface area contributed by atoms with E-state index in [4.69, 9.17) is 11.6 Å². The van der Waals surface area contributed by atoms with Crippen LogP contribution in [0.15, 0.2) is 18.2 Å². The highest BCUT2D eigenvalue weighted by Gasteiger charge is 2.28. The van der Waals surface area contributed by atoms with Crippen molar-refractivity contribution < 1.29 is 14.7 Å². The average molecular weight is 283 g/mol. The van der Waals surface area contributed by atoms with E-state index in [-0.39, 0.29) is 6.54 Å². The number of nitrogens with one attached hydrogen (secondary N) is 1. The first-order valence-corrected chi connectivity index (χ1v) is 6.39. The molecule has 6 heteroatoms. The van der Waals surface area contributed by atoms with Crippen molar-refractivity contribution in [2.24, 2.45) is 0 Å². The number of rotatable bonds is 1. The SMILES string of the molecule is Cc1ccc(NC(=O)C(=O)N2CC[C@@H](O)C2)cc1Cl. The summed E-state index contributed by atoms with van der Waals surface area (Å²) < 4.78 is 0. The number of aliphatic hydroxyl groups is 1. The fourth-order valence-electron chi connectivity index (χ4n) is 1.93. The van der Waals surface area contributed by atoms with Gasteiger partial charge in [-0.25, -0.2) is 0 Å². The highest BCUT2D eigenvalue weighted by atomic mass is 35.5. The van der Waals surface area contributed by atoms with Crippen LogP contribution in [0.1, 0.15) is 12.0 Å². The zero-order valence-corrected chi connectivity index (χ0v) is 11.3. The summed E-state index contributed by atoms with van der Waals surface area (Å²) in [7, 11) is 0. The molecule has 2 N–H and O–H groups in total. The van der Waals surface area contributed by atoms with Gasteiger partial charge in [-0.15, -0.1) is 0 Å². The predicted molar refractivity (Wildman–Crippen MR) is 72.0 cm³/mol. The summed E-state index contributed by atoms with van der Waals surface area (Å²) in [6.45, 7) is 2.47. The summed E-state index contributed by atoms with van der Waals surface area (Å²) in [5.41, 5.74) is 1.38. The highest BCUT2D eigenvalue weighted by molar-refractivity contribution is 6.39. The lowest BCUT2D eigenvalue weighted by atomic mass is 10.2. The molecular weight excluding hydrogens is 268 g/mol. The number of carbonyl (C=O) groups is 2. The van der Waals surface area contributed by atoms with Crippen molar-refractivity contribution in [1.82, 2.24) is 4.90 Å². The van der Waals surface area contributed by atoms with Gasteiger partial charge in [-0.1, -0.05) is 17.7 Å². The van der Waals surface area contributed by atoms with Gasteiger partial charge in [-0.3, -0.25) is 9.59 Å². The van der Waals surface area contributed by atoms with Gasteiger partial charge in [-0.2, -0.15) is 0 Å². The van der Waals surface area contributed by atoms with Crippen LogP contribution in [0.2, 0.25) is 5.02 Å². The monoisotopic (exact) mass is 282 g/mol. The molecule has 0 aromatic heterocycles. The number of benzene rings is 1. The third-order valence-corrected chi connectivity index (χ3v) is 3.48. The summed E-state index contributed by atoms with van der Waals surface area (Å²) in [5.74, 6) is -1.35. The van der Waals surface area contributed by atoms with Crippen LogP contribution in [-0.4, -0.2) is 41.0 Å². The maximum absolute atomic E-state index is 11.8. The number of halogens is 1. The van der Waals surface area contributed by atoms with Crippen LogP contribution >= 0.6 is 11.6 Å². The molecule has 1 fully saturated rings. The Morgan fingerprint density at radius 3 is 2.79 bits per heavy atom. The third-order valence-electron chi connectivity index (χ3n) is 3.07. The lowest BCUT2D eigenvalue weighted by molar-refractivity contribution is -0.142. The quantitative estimate of drug-likeness (QED) is 0.760. The fraction of sp³-hybridized carbons (Fsp3) is 0.385. The molecule has 0 spiro atoms. The number of hydrogen-bond acceptors (Lipinski definition) is 3. The number of carbonyl (C=O) groups excluding carboxylic acids is 2. The van der Waals surface area contributed by atoms with E-state index in [0.717, 1.165) is 5.56 Å². The van der Waals surface area contributed by atoms with Crippen LogP contribution in [0.4, 0.5) is 5.69 Å². The molecule has 0 saturated carbocycles. The smallest absolute Gasteiger partial charge is 0.313 e. The molecule has 102 valence electrons. The topological polar surface area (TPSA) is 69.6 Å². The molecule has 1 aromatic carbocycles. The molecule has 0 radical (unpaired) electrons. The lowest BCUT2D eigenvalue weighted by Gasteiger charge is -2.15. The Hall–Kier alpha value is -1.59. The minimum absolute atomic E-state index is 0.209. The van der Waals surface area contributed by atoms with E-state index in [1.54, 1.807) is 18.2 Å². The summed E-state index contributed by atoms with van der Waals surface area (Å²) in [6.07, 6.45) is -0.0272. The summed E-state index contributed by atoms with van der Waals surface area (Å²) in [5, 5.41) is 12.4. The molecule has 2 amide bonds. The molecule has 0 unspecified atom stereocenters. The average Bonchev–Trinajstić information content (AvgIpc) is 2.79. The van der Waals surface area contributed by atoms with E-state index in [0.29, 0.717) is 23.7 Å². The van der Waals surface area contributed by atoms with Crippen LogP contribution in [-0.2, 0) is 9.59 Å². The van der Waals surface area contributed by atoms with Crippen LogP contribution in [0, 0.1) is 6.92 Å². The first-order valence-electron chi connectivity index (χ1n) is 6.02. The number of aryl methyl sites for hydroxylation is 1. The molecule has 19 heavy (non-hydrogen) atoms. The summed E-state index contributed by atoms with van der Waals surface area (Å²) in [6, 6.07) is 5.05. The second-order valence-corrected chi connectivity index (χ2v) is 5.02. The molecule has 1 atom stereocenters. The number of β-amino-alcohol motifs (C(OH)–C–C–N with tert-alkyl or cyclic N) is 1. The van der Waals surface area contributed by atoms with Crippen molar-refractivity contribution >= 4 is 29.1 Å². The van der Waals surface area contributed by atoms with E-state index < -0.39 is 17.9 Å². The van der Waals surface area contributed by atoms with Gasteiger partial charge in [0.15, 0.2) is 0 Å². The Kier molecular flexibility index (Phi) is 4.07. The molecule has 0 bridgehead atoms. The van der Waals surface area contributed by atoms with E-state index in [9.17, 15) is 14.7 Å². The van der Waals surface area contributed by atoms with E-state index in [1.165, 1.54) is 4.90 Å². The molecule has 0 aliphatic carbocycles. The van der Waals surface area contributed by atoms with Crippen molar-refractivity contribution in [2.75, 3.05) is 18.4 Å². The maximum Gasteiger partial charge on any atom is 0.313 e. The molecular formula is C13H15ClN2O3. The van der Waals surface area contributed by atoms with Gasteiger partial charge in [-0.05, 0) is 31.0 Å². The molecule has 1 aromatic rings. The van der Waals surface area contributed by atoms with Crippen LogP contribution in [0.5, 0.6) is 0 Å². The van der Waals surface area contributed by atoms with E-state index >= 15 is 0 Å². The van der Waals surface area contributed by atoms with Crippen molar-refractivity contribution in [1.29, 1.82) is 0 Å². The third kappa shape index (κ3) is 3.24. The van der Waals surface area contributed by atoms with Gasteiger partial charge in [0.05, 0.1) is 6.10 Å². The zero-order chi connectivity index (χ0) is 14.0. The van der Waals surface area contributed by atoms with Gasteiger partial charge in [0.25, 0.3) is 0 Å². The normalized spacial score (nSPS) is 18.5. The van der Waals surface area contributed by atoms with Crippen molar-refractivity contribution in [3.05, 3.63) is 28.8 Å². The van der Waals surface area contributed by atoms with Crippen LogP contribution < -0.4 is 5.32 Å². The Balaban J connectivity index is 2.00. The predicted octanol–water partition coefficient (Wildman–Crippen LogP) is 1.18. The maximum atomic E-state index is 11.8. The number of nitrogens with zero attached hydrogens (tertiary/aromatic N) is 1. The van der Waals surface area contributed by atoms with Gasteiger partial charge in [0, 0.05) is 23.8 Å². The van der Waals surface area contributed by atoms with E-state index in [1.807, 2.05) is 6.92 Å². The standard InChI is InChI=1S/C13H15ClN2O3/c1-8-2-3-9(6-11(8)14)15-12(18)13(19)16-5-4-10(17)7-16/h2-3,6,10,17H,4-5,7H2,1H3,(H,15,18)/t10-/m1/s1. The van der Waals surface area contributed by atoms with Gasteiger partial charge in [0.2, 0.25) is 0 Å². The minimum Gasteiger partial charge on any atom is -0.391 e. The van der Waals surface area contributed by atoms with E-state index in [2.05, 4.69) is 5.32 Å². The molecule has 1 aliphatic heterocycles. The highest BCUT2D eigenvalue weighted by Crippen LogP contribution is 2.20. The number of amides is 2. The Bertz CT molecular complexity index is 519. The fourth-order valence-corrected chi connectivity index (χ4v) is 2.11. The molecule has 2 rings (SSSR count). The number of anilines is 1. The zero-order valence-electron chi connectivity index (χ0n) is 10.5. The minimum atomic E-state index is -0.714. The lowest BCUT2D eigenvalue weighted by Crippen LogP contribution is -2.38. The van der Waals surface area contributed by atoms with Gasteiger partial charge >= 0.3 is 11.8 Å². The number of likely N-dealkylation sites (tertiary alicyclic amines) is 1. The first kappa shape index (κ1) is 13.8. The summed E-state index contributed by atoms with van der Waals surface area (Å²) in [4.78, 5) is 24.9. The number of aliphatic hydroxyl groups excluding tert-OH is 1. The second-order valence-electron chi connectivity index (χ2n) is 4.61. The first-order chi connectivity index (χ1) is 8.97.